The molecule has 612 valence electrons. The van der Waals surface area contributed by atoms with Gasteiger partial charge < -0.3 is 56.1 Å². The number of para-hydroxylation sites is 1. The molecule has 19 rings (SSSR count). The van der Waals surface area contributed by atoms with Gasteiger partial charge in [-0.1, -0.05) is 84.4 Å². The number of ether oxygens (including phenoxy) is 5. The van der Waals surface area contributed by atoms with E-state index in [2.05, 4.69) is 170 Å². The fourth-order valence-corrected chi connectivity index (χ4v) is 18.0. The monoisotopic (exact) mass is 1660 g/mol. The van der Waals surface area contributed by atoms with Gasteiger partial charge in [0.15, 0.2) is 0 Å². The lowest BCUT2D eigenvalue weighted by atomic mass is 10.0. The smallest absolute Gasteiger partial charge is 0.240 e. The number of fused-ring (bicyclic) bond motifs is 9. The minimum Gasteiger partial charge on any atom is -0.497 e. The Morgan fingerprint density at radius 1 is 0.407 bits per heavy atom. The average molecular weight is 1660 g/mol. The van der Waals surface area contributed by atoms with Crippen molar-refractivity contribution in [1.82, 2.24) is 37.1 Å². The second-order valence-electron chi connectivity index (χ2n) is 29.3. The summed E-state index contributed by atoms with van der Waals surface area (Å²) in [4.78, 5) is 3.63. The van der Waals surface area contributed by atoms with Gasteiger partial charge in [0.2, 0.25) is 10.0 Å². The van der Waals surface area contributed by atoms with Gasteiger partial charge in [-0.2, -0.15) is 26.3 Å². The number of aromatic nitrogens is 7. The highest BCUT2D eigenvalue weighted by Gasteiger charge is 2.27. The van der Waals surface area contributed by atoms with Crippen molar-refractivity contribution >= 4 is 109 Å². The number of H-pyrrole nitrogens is 1. The Labute approximate surface area is 718 Å². The van der Waals surface area contributed by atoms with Crippen molar-refractivity contribution in [3.8, 4) is 116 Å². The fourth-order valence-electron chi connectivity index (χ4n) is 17.1. The van der Waals surface area contributed by atoms with E-state index in [0.29, 0.717) is 28.3 Å². The van der Waals surface area contributed by atoms with Crippen LogP contribution in [0.4, 0.5) is 0 Å². The molecule has 22 heteroatoms. The van der Waals surface area contributed by atoms with Crippen LogP contribution in [0.25, 0.3) is 144 Å². The molecule has 0 amide bonds. The van der Waals surface area contributed by atoms with Crippen LogP contribution in [0.3, 0.4) is 0 Å². The van der Waals surface area contributed by atoms with E-state index in [1.54, 1.807) is 52.7 Å². The maximum absolute atomic E-state index is 11.9. The molecule has 2 N–H and O–H groups in total. The predicted molar refractivity (Wildman–Crippen MR) is 491 cm³/mol. The maximum atomic E-state index is 11.9. The van der Waals surface area contributed by atoms with Gasteiger partial charge in [0.25, 0.3) is 0 Å². The Kier molecular flexibility index (Phi) is 24.1. The molecular weight excluding hydrogens is 1570 g/mol. The van der Waals surface area contributed by atoms with Gasteiger partial charge in [-0.05, 0) is 197 Å². The summed E-state index contributed by atoms with van der Waals surface area (Å²) in [6, 6.07) is 87.0. The number of nitrogens with zero attached hydrogens (tertiary/aromatic N) is 11. The highest BCUT2D eigenvalue weighted by Crippen LogP contribution is 2.43. The summed E-state index contributed by atoms with van der Waals surface area (Å²) in [5, 5.41) is 58.8. The summed E-state index contributed by atoms with van der Waals surface area (Å²) in [7, 11) is 6.55. The van der Waals surface area contributed by atoms with Crippen LogP contribution in [-0.4, -0.2) is 82.9 Å². The molecule has 0 unspecified atom stereocenters. The van der Waals surface area contributed by atoms with Gasteiger partial charge >= 0.3 is 0 Å². The Morgan fingerprint density at radius 2 is 0.813 bits per heavy atom. The fraction of sp³-hybridized carbons (Fsp3) is 0.178. The van der Waals surface area contributed by atoms with Crippen LogP contribution in [-0.2, 0) is 56.2 Å². The van der Waals surface area contributed by atoms with E-state index in [-0.39, 0.29) is 4.90 Å². The molecule has 0 bridgehead atoms. The van der Waals surface area contributed by atoms with Gasteiger partial charge in [0.1, 0.15) is 59.1 Å². The van der Waals surface area contributed by atoms with Crippen LogP contribution in [0.1, 0.15) is 68.0 Å². The molecule has 0 spiro atoms. The Hall–Kier alpha value is -14.9. The number of hydrogen-bond donors (Lipinski definition) is 2. The molecule has 0 saturated carbocycles. The van der Waals surface area contributed by atoms with Gasteiger partial charge in [0, 0.05) is 153 Å². The van der Waals surface area contributed by atoms with Crippen LogP contribution >= 0.6 is 11.6 Å². The summed E-state index contributed by atoms with van der Waals surface area (Å²) in [6.45, 7) is 14.9. The van der Waals surface area contributed by atoms with Crippen LogP contribution in [0.2, 0.25) is 5.02 Å². The summed E-state index contributed by atoms with van der Waals surface area (Å²) < 4.78 is 66.0. The van der Waals surface area contributed by atoms with Crippen molar-refractivity contribution in [3.63, 3.8) is 0 Å². The molecule has 0 saturated heterocycles. The van der Waals surface area contributed by atoms with Gasteiger partial charge in [-0.15, -0.1) is 0 Å². The molecule has 0 atom stereocenters. The first-order valence-electron chi connectivity index (χ1n) is 40.5. The third kappa shape index (κ3) is 15.4. The van der Waals surface area contributed by atoms with Crippen molar-refractivity contribution in [2.75, 3.05) is 42.1 Å². The van der Waals surface area contributed by atoms with Crippen LogP contribution in [0.15, 0.2) is 242 Å². The highest BCUT2D eigenvalue weighted by molar-refractivity contribution is 7.89. The number of halogens is 1. The van der Waals surface area contributed by atoms with Crippen molar-refractivity contribution in [2.45, 2.75) is 78.7 Å². The predicted octanol–water partition coefficient (Wildman–Crippen LogP) is 22.7. The first-order chi connectivity index (χ1) is 59.9. The molecule has 20 nitrogen and oxygen atoms in total. The molecular formula is C101H88ClN13O7S. The average Bonchev–Trinajstić information content (AvgIpc) is 1.57. The maximum Gasteiger partial charge on any atom is 0.240 e. The zero-order chi connectivity index (χ0) is 86.5. The number of nitriles is 5. The third-order valence-corrected chi connectivity index (χ3v) is 24.6. The molecule has 11 aromatic carbocycles. The molecule has 18 aromatic rings. The van der Waals surface area contributed by atoms with Crippen LogP contribution in [0, 0.1) is 56.7 Å². The number of sulfonamides is 1. The Bertz CT molecular complexity index is 7470. The molecule has 1 aliphatic rings. The number of aromatic amines is 1. The zero-order valence-corrected chi connectivity index (χ0v) is 71.6. The van der Waals surface area contributed by atoms with E-state index >= 15 is 0 Å². The molecule has 0 aliphatic carbocycles. The second-order valence-corrected chi connectivity index (χ2v) is 31.6. The topological polar surface area (TPSA) is 257 Å². The van der Waals surface area contributed by atoms with E-state index in [0.717, 1.165) is 201 Å². The minimum atomic E-state index is -3.50. The minimum absolute atomic E-state index is 0.180. The number of nitrogens with one attached hydrogen (secondary N) is 2. The molecule has 1 aliphatic heterocycles. The Balaban J connectivity index is 0.000000119. The standard InChI is InChI=1S/C22H18N2O.C21H19N3O.C20H17N3O.C20H18N2O2.C18H16ClN3O2S/c1-3-24-21-13-18(25-2)10-11-19(21)20(14-23)22(24)17-9-8-15-6-4-5-7-16(15)12-17;1-4-24-20-12-16(25-3)6-7-17(20)18(13-22)21(24)15-5-8-19-14(11-15)9-10-23(19)2;1-3-23-19-11-14(24-2)8-9-15(19)16(12-21)20(23)18-10-13-6-4-5-7-17(13)22-18;1-3-22-18-11-15(23-2)5-6-16(18)17(12-21)20(22)14-4-7-19-13(10-14)8-9-24-19;1-3-22-17-9-6-13(19)10-15(17)16(11-20)18(22)12-4-7-14(8-5-12)25(23,24)21-2/h4-13H,3H2,1-2H3;5-12H,4H2,1-3H3;4-11,22H,3H2,1-2H3;4-7,10-11H,3,8-9H2,1-2H3;4-10,21H,3H2,1-2H3. The van der Waals surface area contributed by atoms with Gasteiger partial charge in [-0.25, -0.2) is 13.1 Å². The van der Waals surface area contributed by atoms with E-state index in [1.807, 2.05) is 140 Å². The van der Waals surface area contributed by atoms with E-state index in [4.69, 9.17) is 35.3 Å². The van der Waals surface area contributed by atoms with E-state index in [9.17, 15) is 34.7 Å². The first kappa shape index (κ1) is 83.2. The Morgan fingerprint density at radius 3 is 1.29 bits per heavy atom. The summed E-state index contributed by atoms with van der Waals surface area (Å²) >= 11 is 6.09. The lowest BCUT2D eigenvalue weighted by molar-refractivity contribution is 0.357. The summed E-state index contributed by atoms with van der Waals surface area (Å²) in [5.41, 5.74) is 21.4. The first-order valence-corrected chi connectivity index (χ1v) is 42.3. The number of hydrogen-bond acceptors (Lipinski definition) is 12. The van der Waals surface area contributed by atoms with E-state index < -0.39 is 10.0 Å². The highest BCUT2D eigenvalue weighted by atomic mass is 35.5. The molecule has 123 heavy (non-hydrogen) atoms. The molecule has 0 fully saturated rings. The second kappa shape index (κ2) is 35.6. The van der Waals surface area contributed by atoms with Crippen LogP contribution < -0.4 is 28.4 Å². The molecule has 7 aromatic heterocycles. The SMILES string of the molecule is CCn1c(-c2cc3ccccc3[nH]2)c(C#N)c2ccc(OC)cc21.CCn1c(-c2ccc(S(=O)(=O)NC)cc2)c(C#N)c2cc(Cl)ccc21.CCn1c(-c2ccc3c(c2)CCO3)c(C#N)c2ccc(OC)cc21.CCn1c(-c2ccc3c(ccn3C)c2)c(C#N)c2ccc(OC)cc21.CCn1c(-c2ccc3ccccc3c2)c(C#N)c2ccc(OC)cc21. The molecule has 0 radical (unpaired) electrons. The lowest BCUT2D eigenvalue weighted by Crippen LogP contribution is -2.18. The quantitative estimate of drug-likeness (QED) is 0.0915. The van der Waals surface area contributed by atoms with Crippen molar-refractivity contribution in [1.29, 1.82) is 26.3 Å². The third-order valence-electron chi connectivity index (χ3n) is 22.9. The largest absolute Gasteiger partial charge is 0.497 e. The van der Waals surface area contributed by atoms with Crippen molar-refractivity contribution in [2.24, 2.45) is 7.05 Å². The summed E-state index contributed by atoms with van der Waals surface area (Å²) in [5.74, 6) is 4.15. The number of rotatable bonds is 16. The number of methoxy groups -OCH3 is 4. The zero-order valence-electron chi connectivity index (χ0n) is 70.0. The number of benzene rings is 11. The summed E-state index contributed by atoms with van der Waals surface area (Å²) in [6.07, 6.45) is 2.98. The van der Waals surface area contributed by atoms with E-state index in [1.165, 1.54) is 46.4 Å². The van der Waals surface area contributed by atoms with Crippen molar-refractivity contribution in [3.05, 3.63) is 275 Å². The van der Waals surface area contributed by atoms with Crippen molar-refractivity contribution < 1.29 is 32.1 Å². The van der Waals surface area contributed by atoms with Gasteiger partial charge in [0.05, 0.1) is 124 Å². The lowest BCUT2D eigenvalue weighted by Gasteiger charge is -2.10. The normalized spacial score (nSPS) is 11.5. The molecule has 8 heterocycles. The van der Waals surface area contributed by atoms with Crippen LogP contribution in [0.5, 0.6) is 28.7 Å². The van der Waals surface area contributed by atoms with Gasteiger partial charge in [-0.3, -0.25) is 0 Å². The number of aryl methyl sites for hydroxylation is 6.